The Labute approximate surface area is 146 Å². The lowest BCUT2D eigenvalue weighted by Gasteiger charge is -2.18. The van der Waals surface area contributed by atoms with Crippen LogP contribution in [0.1, 0.15) is 31.0 Å². The molecule has 0 saturated heterocycles. The first kappa shape index (κ1) is 17.0. The van der Waals surface area contributed by atoms with E-state index in [-0.39, 0.29) is 18.4 Å². The molecule has 1 aromatic heterocycles. The van der Waals surface area contributed by atoms with Crippen LogP contribution in [0.25, 0.3) is 0 Å². The van der Waals surface area contributed by atoms with Crippen molar-refractivity contribution in [3.63, 3.8) is 0 Å². The van der Waals surface area contributed by atoms with Gasteiger partial charge in [0.25, 0.3) is 5.91 Å². The van der Waals surface area contributed by atoms with Crippen LogP contribution in [-0.4, -0.2) is 23.4 Å². The molecule has 0 radical (unpaired) electrons. The summed E-state index contributed by atoms with van der Waals surface area (Å²) in [5.41, 5.74) is 3.54. The van der Waals surface area contributed by atoms with Gasteiger partial charge in [-0.1, -0.05) is 0 Å². The van der Waals surface area contributed by atoms with E-state index in [1.54, 1.807) is 30.5 Å². The molecule has 6 heteroatoms. The lowest BCUT2D eigenvalue weighted by Crippen LogP contribution is -2.21. The first-order valence-corrected chi connectivity index (χ1v) is 8.39. The van der Waals surface area contributed by atoms with Crippen molar-refractivity contribution < 1.29 is 14.3 Å². The topological polar surface area (TPSA) is 80.3 Å². The summed E-state index contributed by atoms with van der Waals surface area (Å²) >= 11 is 0. The molecule has 2 amide bonds. The minimum absolute atomic E-state index is 0.0517. The molecular weight excluding hydrogens is 318 g/mol. The van der Waals surface area contributed by atoms with Gasteiger partial charge >= 0.3 is 0 Å². The highest BCUT2D eigenvalue weighted by molar-refractivity contribution is 5.93. The Morgan fingerprint density at radius 2 is 1.72 bits per heavy atom. The third-order valence-corrected chi connectivity index (χ3v) is 4.04. The van der Waals surface area contributed by atoms with Gasteiger partial charge in [-0.3, -0.25) is 14.6 Å². The molecule has 2 N–H and O–H groups in total. The molecule has 0 fully saturated rings. The Morgan fingerprint density at radius 1 is 1.04 bits per heavy atom. The number of anilines is 2. The average Bonchev–Trinajstić information content (AvgIpc) is 2.61. The van der Waals surface area contributed by atoms with Gasteiger partial charge in [0.15, 0.2) is 6.61 Å². The van der Waals surface area contributed by atoms with Gasteiger partial charge in [-0.25, -0.2) is 0 Å². The fraction of sp³-hybridized carbons (Fsp3) is 0.316. The van der Waals surface area contributed by atoms with Gasteiger partial charge in [-0.05, 0) is 56.0 Å². The summed E-state index contributed by atoms with van der Waals surface area (Å²) in [7, 11) is 0. The van der Waals surface area contributed by atoms with E-state index < -0.39 is 0 Å². The van der Waals surface area contributed by atoms with Crippen LogP contribution in [0.3, 0.4) is 0 Å². The quantitative estimate of drug-likeness (QED) is 0.878. The number of hydrogen-bond donors (Lipinski definition) is 2. The first-order chi connectivity index (χ1) is 12.1. The van der Waals surface area contributed by atoms with E-state index in [9.17, 15) is 9.59 Å². The van der Waals surface area contributed by atoms with Gasteiger partial charge in [0.05, 0.1) is 0 Å². The molecule has 25 heavy (non-hydrogen) atoms. The smallest absolute Gasteiger partial charge is 0.262 e. The van der Waals surface area contributed by atoms with E-state index in [0.29, 0.717) is 11.4 Å². The van der Waals surface area contributed by atoms with Crippen LogP contribution >= 0.6 is 0 Å². The van der Waals surface area contributed by atoms with E-state index in [1.165, 1.54) is 6.92 Å². The number of pyridine rings is 1. The van der Waals surface area contributed by atoms with Crippen LogP contribution in [0, 0.1) is 0 Å². The second-order valence-electron chi connectivity index (χ2n) is 6.04. The second-order valence-corrected chi connectivity index (χ2v) is 6.04. The van der Waals surface area contributed by atoms with Crippen LogP contribution in [0.15, 0.2) is 36.5 Å². The van der Waals surface area contributed by atoms with Crippen LogP contribution in [0.5, 0.6) is 5.75 Å². The van der Waals surface area contributed by atoms with Gasteiger partial charge in [-0.2, -0.15) is 0 Å². The number of amides is 2. The van der Waals surface area contributed by atoms with Gasteiger partial charge in [0, 0.05) is 35.8 Å². The highest BCUT2D eigenvalue weighted by Crippen LogP contribution is 2.27. The SMILES string of the molecule is CC(=O)Nc1ccc(NC(=O)COc2ccnc3c2CCCC3)cc1. The number of nitrogens with one attached hydrogen (secondary N) is 2. The minimum Gasteiger partial charge on any atom is -0.483 e. The van der Waals surface area contributed by atoms with Crippen molar-refractivity contribution in [2.45, 2.75) is 32.6 Å². The number of aryl methyl sites for hydroxylation is 1. The summed E-state index contributed by atoms with van der Waals surface area (Å²) in [5.74, 6) is 0.389. The van der Waals surface area contributed by atoms with Crippen LogP contribution in [-0.2, 0) is 22.4 Å². The number of rotatable bonds is 5. The summed E-state index contributed by atoms with van der Waals surface area (Å²) in [4.78, 5) is 27.5. The Balaban J connectivity index is 1.56. The zero-order valence-corrected chi connectivity index (χ0v) is 14.2. The monoisotopic (exact) mass is 339 g/mol. The molecule has 1 heterocycles. The Hall–Kier alpha value is -2.89. The van der Waals surface area contributed by atoms with Crippen molar-refractivity contribution in [3.05, 3.63) is 47.8 Å². The van der Waals surface area contributed by atoms with E-state index in [4.69, 9.17) is 4.74 Å². The van der Waals surface area contributed by atoms with Crippen molar-refractivity contribution in [1.29, 1.82) is 0 Å². The highest BCUT2D eigenvalue weighted by atomic mass is 16.5. The molecular formula is C19H21N3O3. The predicted molar refractivity (Wildman–Crippen MR) is 95.7 cm³/mol. The van der Waals surface area contributed by atoms with Gasteiger partial charge in [0.1, 0.15) is 5.75 Å². The first-order valence-electron chi connectivity index (χ1n) is 8.39. The normalized spacial score (nSPS) is 12.8. The highest BCUT2D eigenvalue weighted by Gasteiger charge is 2.16. The maximum absolute atomic E-state index is 12.1. The van der Waals surface area contributed by atoms with Crippen molar-refractivity contribution >= 4 is 23.2 Å². The lowest BCUT2D eigenvalue weighted by atomic mass is 9.95. The maximum Gasteiger partial charge on any atom is 0.262 e. The number of hydrogen-bond acceptors (Lipinski definition) is 4. The van der Waals surface area contributed by atoms with E-state index in [1.807, 2.05) is 6.07 Å². The van der Waals surface area contributed by atoms with Crippen LogP contribution in [0.4, 0.5) is 11.4 Å². The zero-order chi connectivity index (χ0) is 17.6. The molecule has 0 unspecified atom stereocenters. The summed E-state index contributed by atoms with van der Waals surface area (Å²) in [6.45, 7) is 1.40. The molecule has 0 saturated carbocycles. The predicted octanol–water partition coefficient (Wildman–Crippen LogP) is 2.94. The lowest BCUT2D eigenvalue weighted by molar-refractivity contribution is -0.118. The molecule has 130 valence electrons. The Bertz CT molecular complexity index is 772. The Morgan fingerprint density at radius 3 is 2.44 bits per heavy atom. The standard InChI is InChI=1S/C19H21N3O3/c1-13(23)21-14-6-8-15(9-7-14)22-19(24)12-25-18-10-11-20-17-5-3-2-4-16(17)18/h6-11H,2-5,12H2,1H3,(H,21,23)(H,22,24). The third kappa shape index (κ3) is 4.56. The Kier molecular flexibility index (Phi) is 5.28. The summed E-state index contributed by atoms with van der Waals surface area (Å²) < 4.78 is 5.71. The number of fused-ring (bicyclic) bond motifs is 1. The number of ether oxygens (including phenoxy) is 1. The molecule has 0 bridgehead atoms. The van der Waals surface area contributed by atoms with E-state index in [2.05, 4.69) is 15.6 Å². The summed E-state index contributed by atoms with van der Waals surface area (Å²) in [6, 6.07) is 8.75. The molecule has 1 aromatic carbocycles. The number of carbonyl (C=O) groups excluding carboxylic acids is 2. The molecule has 0 aliphatic heterocycles. The molecule has 0 spiro atoms. The molecule has 6 nitrogen and oxygen atoms in total. The van der Waals surface area contributed by atoms with Crippen molar-refractivity contribution in [2.75, 3.05) is 17.2 Å². The average molecular weight is 339 g/mol. The summed E-state index contributed by atoms with van der Waals surface area (Å²) in [6.07, 6.45) is 5.93. The third-order valence-electron chi connectivity index (χ3n) is 4.04. The van der Waals surface area contributed by atoms with E-state index >= 15 is 0 Å². The molecule has 3 rings (SSSR count). The van der Waals surface area contributed by atoms with Gasteiger partial charge < -0.3 is 15.4 Å². The number of carbonyl (C=O) groups is 2. The largest absolute Gasteiger partial charge is 0.483 e. The fourth-order valence-electron chi connectivity index (χ4n) is 2.91. The number of nitrogens with zero attached hydrogens (tertiary/aromatic N) is 1. The van der Waals surface area contributed by atoms with Crippen LogP contribution < -0.4 is 15.4 Å². The molecule has 2 aromatic rings. The minimum atomic E-state index is -0.228. The van der Waals surface area contributed by atoms with Crippen molar-refractivity contribution in [3.8, 4) is 5.75 Å². The number of benzene rings is 1. The molecule has 0 atom stereocenters. The van der Waals surface area contributed by atoms with Crippen LogP contribution in [0.2, 0.25) is 0 Å². The van der Waals surface area contributed by atoms with Crippen molar-refractivity contribution in [1.82, 2.24) is 4.98 Å². The van der Waals surface area contributed by atoms with Gasteiger partial charge in [-0.15, -0.1) is 0 Å². The summed E-state index contributed by atoms with van der Waals surface area (Å²) in [5, 5.41) is 5.46. The molecule has 1 aliphatic rings. The second kappa shape index (κ2) is 7.79. The van der Waals surface area contributed by atoms with Gasteiger partial charge in [0.2, 0.25) is 5.91 Å². The molecule has 1 aliphatic carbocycles. The zero-order valence-electron chi connectivity index (χ0n) is 14.2. The fourth-order valence-corrected chi connectivity index (χ4v) is 2.91. The van der Waals surface area contributed by atoms with E-state index in [0.717, 1.165) is 42.7 Å². The van der Waals surface area contributed by atoms with Crippen molar-refractivity contribution in [2.24, 2.45) is 0 Å². The number of aromatic nitrogens is 1. The maximum atomic E-state index is 12.1.